The molecule has 0 fully saturated rings. The minimum atomic E-state index is -0.549. The van der Waals surface area contributed by atoms with Gasteiger partial charge in [0.2, 0.25) is 5.82 Å². The van der Waals surface area contributed by atoms with Crippen molar-refractivity contribution in [3.05, 3.63) is 46.8 Å². The van der Waals surface area contributed by atoms with E-state index >= 15 is 0 Å². The highest BCUT2D eigenvalue weighted by Crippen LogP contribution is 2.32. The number of rotatable bonds is 10. The molecule has 5 nitrogen and oxygen atoms in total. The Bertz CT molecular complexity index is 1060. The highest BCUT2D eigenvalue weighted by molar-refractivity contribution is 5.64. The van der Waals surface area contributed by atoms with Gasteiger partial charge in [-0.25, -0.2) is 0 Å². The molecule has 0 N–H and O–H groups in total. The molecule has 5 heteroatoms. The summed E-state index contributed by atoms with van der Waals surface area (Å²) in [6.45, 7) is 10.7. The van der Waals surface area contributed by atoms with E-state index in [9.17, 15) is 0 Å². The summed E-state index contributed by atoms with van der Waals surface area (Å²) in [6.07, 6.45) is 3.35. The molecule has 2 aromatic heterocycles. The fraction of sp³-hybridized carbons (Fsp3) is 0.500. The van der Waals surface area contributed by atoms with Crippen molar-refractivity contribution in [3.63, 3.8) is 0 Å². The van der Waals surface area contributed by atoms with Crippen LogP contribution in [0.5, 0.6) is 5.75 Å². The van der Waals surface area contributed by atoms with Crippen LogP contribution in [0.1, 0.15) is 84.5 Å². The third-order valence-electron chi connectivity index (χ3n) is 5.52. The number of hydrogen-bond donors (Lipinski definition) is 0. The van der Waals surface area contributed by atoms with E-state index in [1.807, 2.05) is 32.0 Å². The minimum absolute atomic E-state index is 0.0271. The van der Waals surface area contributed by atoms with Gasteiger partial charge in [-0.05, 0) is 74.9 Å². The van der Waals surface area contributed by atoms with Crippen LogP contribution in [0.2, 0.25) is 0 Å². The van der Waals surface area contributed by atoms with Crippen LogP contribution in [0.15, 0.2) is 28.8 Å². The van der Waals surface area contributed by atoms with E-state index in [4.69, 9.17) is 22.0 Å². The van der Waals surface area contributed by atoms with E-state index in [0.29, 0.717) is 17.6 Å². The average molecular weight is 424 g/mol. The first-order valence-electron chi connectivity index (χ1n) is 12.5. The number of nitrogens with zero attached hydrogens (tertiary/aromatic N) is 3. The van der Waals surface area contributed by atoms with Crippen molar-refractivity contribution >= 4 is 0 Å². The molecule has 31 heavy (non-hydrogen) atoms. The monoisotopic (exact) mass is 423 g/mol. The fourth-order valence-corrected chi connectivity index (χ4v) is 3.97. The maximum Gasteiger partial charge on any atom is 0.258 e. The largest absolute Gasteiger partial charge is 0.493 e. The van der Waals surface area contributed by atoms with Gasteiger partial charge in [-0.15, -0.1) is 0 Å². The van der Waals surface area contributed by atoms with Crippen molar-refractivity contribution in [2.24, 2.45) is 0 Å². The van der Waals surface area contributed by atoms with Gasteiger partial charge in [0.25, 0.3) is 5.89 Å². The van der Waals surface area contributed by atoms with E-state index in [0.717, 1.165) is 65.1 Å². The molecule has 1 atom stereocenters. The quantitative estimate of drug-likeness (QED) is 0.349. The predicted molar refractivity (Wildman–Crippen MR) is 126 cm³/mol. The Kier molecular flexibility index (Phi) is 6.89. The fourth-order valence-electron chi connectivity index (χ4n) is 3.97. The SMILES string of the molecule is [2H]C[C@H]([2H])COc1c(C)cc(-c2noc(-c3cc(C)nc(C(CC)CC)c3)n2)cc1CCC. The molecule has 0 unspecified atom stereocenters. The Hall–Kier alpha value is -2.69. The zero-order valence-corrected chi connectivity index (χ0v) is 19.4. The standard InChI is InChI=1S/C26H35N3O2/c1-7-11-20-15-21(13-17(5)24(20)30-12-8-2)25-28-26(31-29-25)22-14-18(6)27-23(16-22)19(9-3)10-4/h13-16,19H,7-12H2,1-6H3/i2D,8D/t8-/m0/s1. The van der Waals surface area contributed by atoms with E-state index in [1.54, 1.807) is 0 Å². The molecule has 166 valence electrons. The molecule has 0 spiro atoms. The number of pyridine rings is 1. The van der Waals surface area contributed by atoms with E-state index in [2.05, 4.69) is 32.0 Å². The summed E-state index contributed by atoms with van der Waals surface area (Å²) in [4.78, 5) is 9.43. The summed E-state index contributed by atoms with van der Waals surface area (Å²) < 4.78 is 26.8. The third kappa shape index (κ3) is 5.33. The summed E-state index contributed by atoms with van der Waals surface area (Å²) in [6, 6.07) is 8.09. The first kappa shape index (κ1) is 20.2. The zero-order chi connectivity index (χ0) is 24.0. The zero-order valence-electron chi connectivity index (χ0n) is 21.4. The second kappa shape index (κ2) is 10.6. The molecular weight excluding hydrogens is 386 g/mol. The molecule has 0 aliphatic heterocycles. The number of aryl methyl sites for hydroxylation is 3. The molecule has 0 radical (unpaired) electrons. The Balaban J connectivity index is 1.94. The van der Waals surface area contributed by atoms with E-state index in [1.165, 1.54) is 0 Å². The van der Waals surface area contributed by atoms with Crippen LogP contribution in [0.3, 0.4) is 0 Å². The van der Waals surface area contributed by atoms with Gasteiger partial charge in [0, 0.05) is 31.2 Å². The van der Waals surface area contributed by atoms with Gasteiger partial charge in [-0.1, -0.05) is 39.2 Å². The second-order valence-corrected chi connectivity index (χ2v) is 7.99. The van der Waals surface area contributed by atoms with Crippen LogP contribution in [0.4, 0.5) is 0 Å². The predicted octanol–water partition coefficient (Wildman–Crippen LogP) is 7.06. The lowest BCUT2D eigenvalue weighted by atomic mass is 9.97. The Morgan fingerprint density at radius 1 is 1.06 bits per heavy atom. The number of hydrogen-bond acceptors (Lipinski definition) is 5. The number of ether oxygens (including phenoxy) is 1. The van der Waals surface area contributed by atoms with Crippen molar-refractivity contribution in [2.75, 3.05) is 6.61 Å². The van der Waals surface area contributed by atoms with Crippen LogP contribution in [-0.2, 0) is 6.42 Å². The molecule has 1 aromatic carbocycles. The normalized spacial score (nSPS) is 13.2. The minimum Gasteiger partial charge on any atom is -0.493 e. The molecule has 0 aliphatic rings. The van der Waals surface area contributed by atoms with Crippen molar-refractivity contribution in [1.82, 2.24) is 15.1 Å². The van der Waals surface area contributed by atoms with Gasteiger partial charge in [0.15, 0.2) is 0 Å². The Morgan fingerprint density at radius 2 is 1.87 bits per heavy atom. The third-order valence-corrected chi connectivity index (χ3v) is 5.52. The van der Waals surface area contributed by atoms with Crippen molar-refractivity contribution in [3.8, 4) is 28.6 Å². The molecule has 3 aromatic rings. The summed E-state index contributed by atoms with van der Waals surface area (Å²) in [7, 11) is 0. The molecular formula is C26H35N3O2. The summed E-state index contributed by atoms with van der Waals surface area (Å²) in [5.74, 6) is 2.25. The molecule has 0 saturated heterocycles. The number of benzene rings is 1. The maximum atomic E-state index is 7.81. The van der Waals surface area contributed by atoms with Crippen LogP contribution >= 0.6 is 0 Å². The molecule has 3 rings (SSSR count). The first-order valence-corrected chi connectivity index (χ1v) is 11.2. The van der Waals surface area contributed by atoms with Crippen LogP contribution < -0.4 is 4.74 Å². The van der Waals surface area contributed by atoms with Crippen molar-refractivity contribution < 1.29 is 12.0 Å². The second-order valence-electron chi connectivity index (χ2n) is 7.99. The summed E-state index contributed by atoms with van der Waals surface area (Å²) in [5.41, 5.74) is 5.81. The summed E-state index contributed by atoms with van der Waals surface area (Å²) >= 11 is 0. The molecule has 0 bridgehead atoms. The van der Waals surface area contributed by atoms with Crippen molar-refractivity contribution in [1.29, 1.82) is 0 Å². The lowest BCUT2D eigenvalue weighted by Crippen LogP contribution is -2.02. The number of aromatic nitrogens is 3. The average Bonchev–Trinajstić information content (AvgIpc) is 3.29. The molecule has 0 amide bonds. The smallest absolute Gasteiger partial charge is 0.258 e. The van der Waals surface area contributed by atoms with Gasteiger partial charge in [0.05, 0.1) is 6.61 Å². The lowest BCUT2D eigenvalue weighted by Gasteiger charge is -2.14. The van der Waals surface area contributed by atoms with Crippen LogP contribution in [0, 0.1) is 13.8 Å². The van der Waals surface area contributed by atoms with Crippen molar-refractivity contribution in [2.45, 2.75) is 79.5 Å². The van der Waals surface area contributed by atoms with Gasteiger partial charge >= 0.3 is 0 Å². The topological polar surface area (TPSA) is 61.0 Å². The first-order chi connectivity index (χ1) is 15.9. The molecule has 2 heterocycles. The van der Waals surface area contributed by atoms with E-state index in [-0.39, 0.29) is 13.5 Å². The van der Waals surface area contributed by atoms with Gasteiger partial charge in [-0.2, -0.15) is 4.98 Å². The highest BCUT2D eigenvalue weighted by Gasteiger charge is 2.17. The van der Waals surface area contributed by atoms with Crippen LogP contribution in [-0.4, -0.2) is 21.7 Å². The van der Waals surface area contributed by atoms with Gasteiger partial charge in [0.1, 0.15) is 5.75 Å². The van der Waals surface area contributed by atoms with E-state index < -0.39 is 6.40 Å². The highest BCUT2D eigenvalue weighted by atomic mass is 16.5. The molecule has 0 saturated carbocycles. The van der Waals surface area contributed by atoms with Gasteiger partial charge < -0.3 is 9.26 Å². The summed E-state index contributed by atoms with van der Waals surface area (Å²) in [5, 5.41) is 4.26. The maximum absolute atomic E-state index is 7.81. The van der Waals surface area contributed by atoms with Gasteiger partial charge in [-0.3, -0.25) is 4.98 Å². The lowest BCUT2D eigenvalue weighted by molar-refractivity contribution is 0.312. The molecule has 0 aliphatic carbocycles. The van der Waals surface area contributed by atoms with Crippen LogP contribution in [0.25, 0.3) is 22.8 Å². The Labute approximate surface area is 189 Å². The Morgan fingerprint density at radius 3 is 2.58 bits per heavy atom.